The Hall–Kier alpha value is -2.15. The van der Waals surface area contributed by atoms with Crippen LogP contribution < -0.4 is 10.1 Å². The van der Waals surface area contributed by atoms with Crippen molar-refractivity contribution in [2.24, 2.45) is 0 Å². The fraction of sp³-hybridized carbons (Fsp3) is 0.381. The van der Waals surface area contributed by atoms with Crippen molar-refractivity contribution in [1.29, 1.82) is 0 Å². The number of rotatable bonds is 3. The highest BCUT2D eigenvalue weighted by Crippen LogP contribution is 2.44. The smallest absolute Gasteiger partial charge is 0.252 e. The molecule has 142 valence electrons. The highest BCUT2D eigenvalue weighted by molar-refractivity contribution is 7.11. The number of fused-ring (bicyclic) bond motifs is 2. The quantitative estimate of drug-likeness (QED) is 0.854. The van der Waals surface area contributed by atoms with Gasteiger partial charge in [-0.05, 0) is 26.0 Å². The molecule has 1 aromatic carbocycles. The average Bonchev–Trinajstić information content (AvgIpc) is 3.03. The molecule has 0 atom stereocenters. The number of benzene rings is 1. The van der Waals surface area contributed by atoms with Crippen molar-refractivity contribution >= 4 is 22.8 Å². The fourth-order valence-corrected chi connectivity index (χ4v) is 4.92. The molecule has 0 radical (unpaired) electrons. The van der Waals surface area contributed by atoms with Gasteiger partial charge in [-0.25, -0.2) is 0 Å². The van der Waals surface area contributed by atoms with E-state index in [1.807, 2.05) is 23.6 Å². The minimum atomic E-state index is -0.149. The molecule has 0 unspecified atom stereocenters. The van der Waals surface area contributed by atoms with Gasteiger partial charge >= 0.3 is 0 Å². The third kappa shape index (κ3) is 3.52. The number of nitrogens with one attached hydrogen (secondary N) is 1. The van der Waals surface area contributed by atoms with Crippen molar-refractivity contribution in [1.82, 2.24) is 10.2 Å². The summed E-state index contributed by atoms with van der Waals surface area (Å²) in [5.41, 5.74) is 5.42. The van der Waals surface area contributed by atoms with Gasteiger partial charge in [0.05, 0.1) is 12.2 Å². The number of ether oxygens (including phenoxy) is 1. The molecule has 1 saturated heterocycles. The van der Waals surface area contributed by atoms with Gasteiger partial charge in [0, 0.05) is 46.6 Å². The highest BCUT2D eigenvalue weighted by atomic mass is 32.1. The van der Waals surface area contributed by atoms with Crippen molar-refractivity contribution in [2.75, 3.05) is 33.3 Å². The molecule has 3 heterocycles. The van der Waals surface area contributed by atoms with Gasteiger partial charge in [0.25, 0.3) is 5.91 Å². The lowest BCUT2D eigenvalue weighted by Crippen LogP contribution is -2.27. The molecule has 4 rings (SSSR count). The van der Waals surface area contributed by atoms with Crippen LogP contribution in [0.5, 0.6) is 5.75 Å². The molecule has 27 heavy (non-hydrogen) atoms. The Balaban J connectivity index is 1.82. The SMILES string of the molecule is CN1CCC(=C2c3ccccc3OCc3c(C(=O)NCCO)csc32)CC1. The molecule has 0 bridgehead atoms. The zero-order valence-electron chi connectivity index (χ0n) is 15.5. The number of nitrogens with zero attached hydrogens (tertiary/aromatic N) is 1. The summed E-state index contributed by atoms with van der Waals surface area (Å²) in [6, 6.07) is 8.17. The van der Waals surface area contributed by atoms with Crippen LogP contribution in [0.1, 0.15) is 39.2 Å². The van der Waals surface area contributed by atoms with E-state index in [1.165, 1.54) is 11.1 Å². The van der Waals surface area contributed by atoms with E-state index in [1.54, 1.807) is 11.3 Å². The van der Waals surface area contributed by atoms with Crippen LogP contribution in [-0.2, 0) is 6.61 Å². The highest BCUT2D eigenvalue weighted by Gasteiger charge is 2.28. The minimum Gasteiger partial charge on any atom is -0.488 e. The molecule has 0 spiro atoms. The second-order valence-corrected chi connectivity index (χ2v) is 7.88. The molecule has 2 aliphatic heterocycles. The predicted molar refractivity (Wildman–Crippen MR) is 107 cm³/mol. The van der Waals surface area contributed by atoms with Crippen molar-refractivity contribution in [2.45, 2.75) is 19.4 Å². The van der Waals surface area contributed by atoms with E-state index in [0.29, 0.717) is 12.2 Å². The third-order valence-corrected chi connectivity index (χ3v) is 6.28. The first-order valence-corrected chi connectivity index (χ1v) is 10.2. The maximum atomic E-state index is 12.6. The Labute approximate surface area is 163 Å². The van der Waals surface area contributed by atoms with Crippen LogP contribution in [0, 0.1) is 0 Å². The Morgan fingerprint density at radius 3 is 2.85 bits per heavy atom. The van der Waals surface area contributed by atoms with Crippen LogP contribution >= 0.6 is 11.3 Å². The number of aliphatic hydroxyl groups is 1. The summed E-state index contributed by atoms with van der Waals surface area (Å²) in [7, 11) is 2.16. The number of para-hydroxylation sites is 1. The lowest BCUT2D eigenvalue weighted by molar-refractivity contribution is 0.0943. The standard InChI is InChI=1S/C21H24N2O3S/c1-23-9-6-14(7-10-23)19-15-4-2-3-5-18(15)26-12-16-17(13-27-20(16)19)21(25)22-8-11-24/h2-5,13,24H,6-12H2,1H3,(H,22,25). The van der Waals surface area contributed by atoms with E-state index in [9.17, 15) is 4.79 Å². The molecule has 1 fully saturated rings. The molecule has 1 amide bonds. The van der Waals surface area contributed by atoms with Crippen molar-refractivity contribution < 1.29 is 14.6 Å². The van der Waals surface area contributed by atoms with Crippen molar-refractivity contribution in [3.63, 3.8) is 0 Å². The summed E-state index contributed by atoms with van der Waals surface area (Å²) in [6.07, 6.45) is 2.06. The number of carbonyl (C=O) groups is 1. The van der Waals surface area contributed by atoms with Crippen LogP contribution in [-0.4, -0.2) is 49.2 Å². The molecular weight excluding hydrogens is 360 g/mol. The Bertz CT molecular complexity index is 877. The summed E-state index contributed by atoms with van der Waals surface area (Å²) in [5.74, 6) is 0.730. The molecule has 1 aromatic heterocycles. The van der Waals surface area contributed by atoms with Gasteiger partial charge in [0.15, 0.2) is 0 Å². The van der Waals surface area contributed by atoms with Crippen LogP contribution in [0.25, 0.3) is 5.57 Å². The first-order valence-electron chi connectivity index (χ1n) is 9.31. The number of carbonyl (C=O) groups excluding carboxylic acids is 1. The summed E-state index contributed by atoms with van der Waals surface area (Å²) in [4.78, 5) is 16.1. The molecule has 2 N–H and O–H groups in total. The van der Waals surface area contributed by atoms with Gasteiger partial charge in [-0.1, -0.05) is 23.8 Å². The first kappa shape index (κ1) is 18.2. The number of likely N-dealkylation sites (tertiary alicyclic amines) is 1. The van der Waals surface area contributed by atoms with E-state index in [4.69, 9.17) is 9.84 Å². The normalized spacial score (nSPS) is 17.0. The van der Waals surface area contributed by atoms with E-state index in [2.05, 4.69) is 23.3 Å². The molecule has 2 aliphatic rings. The average molecular weight is 385 g/mol. The van der Waals surface area contributed by atoms with Gasteiger partial charge in [-0.2, -0.15) is 0 Å². The van der Waals surface area contributed by atoms with E-state index < -0.39 is 0 Å². The van der Waals surface area contributed by atoms with Crippen LogP contribution in [0.3, 0.4) is 0 Å². The molecular formula is C21H24N2O3S. The first-order chi connectivity index (χ1) is 13.2. The topological polar surface area (TPSA) is 61.8 Å². The monoisotopic (exact) mass is 384 g/mol. The maximum Gasteiger partial charge on any atom is 0.252 e. The zero-order valence-corrected chi connectivity index (χ0v) is 16.3. The maximum absolute atomic E-state index is 12.6. The summed E-state index contributed by atoms with van der Waals surface area (Å²) < 4.78 is 6.10. The molecule has 0 aliphatic carbocycles. The Morgan fingerprint density at radius 2 is 2.07 bits per heavy atom. The molecule has 0 saturated carbocycles. The lowest BCUT2D eigenvalue weighted by Gasteiger charge is -2.26. The molecule has 6 heteroatoms. The number of aliphatic hydroxyl groups excluding tert-OH is 1. The van der Waals surface area contributed by atoms with Gasteiger partial charge in [0.2, 0.25) is 0 Å². The zero-order chi connectivity index (χ0) is 18.8. The second kappa shape index (κ2) is 7.84. The largest absolute Gasteiger partial charge is 0.488 e. The Kier molecular flexibility index (Phi) is 5.29. The van der Waals surface area contributed by atoms with Gasteiger partial charge in [-0.3, -0.25) is 4.79 Å². The number of hydrogen-bond acceptors (Lipinski definition) is 5. The number of piperidine rings is 1. The third-order valence-electron chi connectivity index (χ3n) is 5.24. The van der Waals surface area contributed by atoms with E-state index >= 15 is 0 Å². The number of amides is 1. The second-order valence-electron chi connectivity index (χ2n) is 7.00. The molecule has 2 aromatic rings. The van der Waals surface area contributed by atoms with E-state index in [0.717, 1.165) is 47.7 Å². The Morgan fingerprint density at radius 1 is 1.30 bits per heavy atom. The summed E-state index contributed by atoms with van der Waals surface area (Å²) in [5, 5.41) is 13.7. The number of thiophene rings is 1. The van der Waals surface area contributed by atoms with Gasteiger partial charge < -0.3 is 20.1 Å². The van der Waals surface area contributed by atoms with Crippen LogP contribution in [0.15, 0.2) is 35.2 Å². The van der Waals surface area contributed by atoms with Crippen LogP contribution in [0.2, 0.25) is 0 Å². The molecule has 5 nitrogen and oxygen atoms in total. The summed E-state index contributed by atoms with van der Waals surface area (Å²) >= 11 is 1.62. The summed E-state index contributed by atoms with van der Waals surface area (Å²) in [6.45, 7) is 2.67. The van der Waals surface area contributed by atoms with Crippen molar-refractivity contribution in [3.05, 3.63) is 56.8 Å². The fourth-order valence-electron chi connectivity index (χ4n) is 3.75. The van der Waals surface area contributed by atoms with Gasteiger partial charge in [-0.15, -0.1) is 11.3 Å². The lowest BCUT2D eigenvalue weighted by atomic mass is 9.90. The van der Waals surface area contributed by atoms with Crippen molar-refractivity contribution in [3.8, 4) is 5.75 Å². The van der Waals surface area contributed by atoms with E-state index in [-0.39, 0.29) is 19.1 Å². The predicted octanol–water partition coefficient (Wildman–Crippen LogP) is 2.89. The number of hydrogen-bond donors (Lipinski definition) is 2. The van der Waals surface area contributed by atoms with Gasteiger partial charge in [0.1, 0.15) is 12.4 Å². The minimum absolute atomic E-state index is 0.0666. The van der Waals surface area contributed by atoms with Crippen LogP contribution in [0.4, 0.5) is 0 Å².